The number of rotatable bonds is 8. The van der Waals surface area contributed by atoms with Gasteiger partial charge in [-0.15, -0.1) is 10.2 Å². The first-order valence-corrected chi connectivity index (χ1v) is 16.7. The minimum atomic E-state index is -3.82. The van der Waals surface area contributed by atoms with Crippen LogP contribution in [0, 0.1) is 5.92 Å². The summed E-state index contributed by atoms with van der Waals surface area (Å²) in [4.78, 5) is 27.9. The second-order valence-corrected chi connectivity index (χ2v) is 13.6. The Morgan fingerprint density at radius 3 is 2.23 bits per heavy atom. The number of carbonyl (C=O) groups is 2. The topological polar surface area (TPSA) is 158 Å². The molecule has 3 aromatic rings. The van der Waals surface area contributed by atoms with Crippen LogP contribution in [0.4, 0.5) is 0 Å². The standard InChI is InChI=1S/C31H40N6O6S/c1-4-32-30(40)29-34-33-28(25-18-24(20(2)3)26(38)19-27(25)39)37(29)22-8-10-23(11-9-22)44(42,43)36-16-12-21(13-17-36)31(41)35-14-6-5-7-15-35/h8-11,18-21,38-39H,4-7,12-17H2,1-3H3,(H,32,40). The van der Waals surface area contributed by atoms with Gasteiger partial charge in [-0.3, -0.25) is 14.2 Å². The Balaban J connectivity index is 1.42. The van der Waals surface area contributed by atoms with E-state index in [1.165, 1.54) is 27.1 Å². The molecule has 2 amide bonds. The van der Waals surface area contributed by atoms with Gasteiger partial charge in [-0.05, 0) is 80.8 Å². The highest BCUT2D eigenvalue weighted by Gasteiger charge is 2.34. The maximum atomic E-state index is 13.6. The van der Waals surface area contributed by atoms with Gasteiger partial charge in [0.05, 0.1) is 10.5 Å². The average molecular weight is 625 g/mol. The molecule has 0 unspecified atom stereocenters. The van der Waals surface area contributed by atoms with Gasteiger partial charge in [0.25, 0.3) is 5.91 Å². The Morgan fingerprint density at radius 2 is 1.61 bits per heavy atom. The molecule has 236 valence electrons. The van der Waals surface area contributed by atoms with E-state index in [1.54, 1.807) is 25.1 Å². The molecule has 2 saturated heterocycles. The number of benzene rings is 2. The van der Waals surface area contributed by atoms with Crippen LogP contribution in [0.3, 0.4) is 0 Å². The lowest BCUT2D eigenvalue weighted by Crippen LogP contribution is -2.45. The van der Waals surface area contributed by atoms with Gasteiger partial charge in [-0.1, -0.05) is 13.8 Å². The zero-order valence-electron chi connectivity index (χ0n) is 25.4. The molecular weight excluding hydrogens is 584 g/mol. The first-order chi connectivity index (χ1) is 21.0. The fourth-order valence-electron chi connectivity index (χ4n) is 5.96. The summed E-state index contributed by atoms with van der Waals surface area (Å²) in [5.41, 5.74) is 1.25. The van der Waals surface area contributed by atoms with E-state index >= 15 is 0 Å². The van der Waals surface area contributed by atoms with Crippen LogP contribution in [-0.2, 0) is 14.8 Å². The first kappa shape index (κ1) is 31.5. The highest BCUT2D eigenvalue weighted by atomic mass is 32.2. The van der Waals surface area contributed by atoms with E-state index in [2.05, 4.69) is 15.5 Å². The van der Waals surface area contributed by atoms with Crippen molar-refractivity contribution >= 4 is 21.8 Å². The van der Waals surface area contributed by atoms with Crippen molar-refractivity contribution in [3.63, 3.8) is 0 Å². The molecule has 3 heterocycles. The van der Waals surface area contributed by atoms with Gasteiger partial charge < -0.3 is 20.4 Å². The Morgan fingerprint density at radius 1 is 0.955 bits per heavy atom. The number of aromatic nitrogens is 3. The molecule has 0 atom stereocenters. The van der Waals surface area contributed by atoms with E-state index in [4.69, 9.17) is 0 Å². The number of piperidine rings is 2. The van der Waals surface area contributed by atoms with Crippen LogP contribution in [0.25, 0.3) is 17.1 Å². The molecule has 0 aliphatic carbocycles. The Labute approximate surface area is 257 Å². The van der Waals surface area contributed by atoms with Gasteiger partial charge in [0, 0.05) is 50.4 Å². The van der Waals surface area contributed by atoms with Gasteiger partial charge in [-0.25, -0.2) is 8.42 Å². The molecule has 2 fully saturated rings. The third kappa shape index (κ3) is 6.16. The molecule has 5 rings (SSSR count). The molecule has 2 aromatic carbocycles. The Bertz CT molecular complexity index is 1620. The number of likely N-dealkylation sites (tertiary alicyclic amines) is 1. The SMILES string of the molecule is CCNC(=O)c1nnc(-c2cc(C(C)C)c(O)cc2O)n1-c1ccc(S(=O)(=O)N2CCC(C(=O)N3CCCCC3)CC2)cc1. The summed E-state index contributed by atoms with van der Waals surface area (Å²) in [5, 5.41) is 32.1. The van der Waals surface area contributed by atoms with Crippen LogP contribution in [0.2, 0.25) is 0 Å². The van der Waals surface area contributed by atoms with Crippen LogP contribution >= 0.6 is 0 Å². The first-order valence-electron chi connectivity index (χ1n) is 15.2. The molecule has 13 heteroatoms. The smallest absolute Gasteiger partial charge is 0.289 e. The average Bonchev–Trinajstić information content (AvgIpc) is 3.46. The zero-order chi connectivity index (χ0) is 31.6. The van der Waals surface area contributed by atoms with E-state index in [-0.39, 0.29) is 64.4 Å². The van der Waals surface area contributed by atoms with Crippen LogP contribution in [0.5, 0.6) is 11.5 Å². The number of hydrogen-bond acceptors (Lipinski definition) is 8. The van der Waals surface area contributed by atoms with Crippen molar-refractivity contribution in [3.8, 4) is 28.6 Å². The van der Waals surface area contributed by atoms with Crippen molar-refractivity contribution < 1.29 is 28.2 Å². The lowest BCUT2D eigenvalue weighted by atomic mass is 9.95. The summed E-state index contributed by atoms with van der Waals surface area (Å²) in [6.07, 6.45) is 4.16. The number of hydrogen-bond donors (Lipinski definition) is 3. The van der Waals surface area contributed by atoms with Crippen molar-refractivity contribution in [2.75, 3.05) is 32.7 Å². The molecule has 0 radical (unpaired) electrons. The number of phenolic OH excluding ortho intramolecular Hbond substituents is 2. The van der Waals surface area contributed by atoms with Gasteiger partial charge >= 0.3 is 0 Å². The normalized spacial score (nSPS) is 16.8. The second kappa shape index (κ2) is 12.9. The van der Waals surface area contributed by atoms with E-state index in [1.807, 2.05) is 18.7 Å². The maximum absolute atomic E-state index is 13.6. The molecule has 0 spiro atoms. The summed E-state index contributed by atoms with van der Waals surface area (Å²) < 4.78 is 30.0. The molecule has 1 aromatic heterocycles. The quantitative estimate of drug-likeness (QED) is 0.343. The van der Waals surface area contributed by atoms with Crippen molar-refractivity contribution in [2.24, 2.45) is 5.92 Å². The number of nitrogens with zero attached hydrogens (tertiary/aromatic N) is 5. The number of aromatic hydroxyl groups is 2. The van der Waals surface area contributed by atoms with Crippen molar-refractivity contribution in [1.29, 1.82) is 0 Å². The maximum Gasteiger partial charge on any atom is 0.289 e. The third-order valence-electron chi connectivity index (χ3n) is 8.41. The predicted molar refractivity (Wildman–Crippen MR) is 164 cm³/mol. The predicted octanol–water partition coefficient (Wildman–Crippen LogP) is 3.63. The molecule has 2 aliphatic heterocycles. The largest absolute Gasteiger partial charge is 0.508 e. The minimum absolute atomic E-state index is 0.0449. The second-order valence-electron chi connectivity index (χ2n) is 11.7. The Kier molecular flexibility index (Phi) is 9.26. The lowest BCUT2D eigenvalue weighted by molar-refractivity contribution is -0.137. The number of amides is 2. The molecule has 2 aliphatic rings. The molecule has 0 bridgehead atoms. The van der Waals surface area contributed by atoms with Gasteiger partial charge in [0.15, 0.2) is 5.82 Å². The molecule has 44 heavy (non-hydrogen) atoms. The summed E-state index contributed by atoms with van der Waals surface area (Å²) in [6.45, 7) is 8.01. The van der Waals surface area contributed by atoms with Gasteiger partial charge in [-0.2, -0.15) is 4.31 Å². The van der Waals surface area contributed by atoms with E-state index in [0.29, 0.717) is 30.6 Å². The number of phenols is 2. The van der Waals surface area contributed by atoms with Crippen molar-refractivity contribution in [2.45, 2.75) is 63.7 Å². The highest BCUT2D eigenvalue weighted by molar-refractivity contribution is 7.89. The molecule has 3 N–H and O–H groups in total. The van der Waals surface area contributed by atoms with Crippen LogP contribution < -0.4 is 5.32 Å². The van der Waals surface area contributed by atoms with Crippen LogP contribution in [0.15, 0.2) is 41.3 Å². The molecule has 0 saturated carbocycles. The van der Waals surface area contributed by atoms with Crippen molar-refractivity contribution in [3.05, 3.63) is 47.8 Å². The lowest BCUT2D eigenvalue weighted by Gasteiger charge is -2.35. The highest BCUT2D eigenvalue weighted by Crippen LogP contribution is 2.38. The Hall–Kier alpha value is -3.97. The summed E-state index contributed by atoms with van der Waals surface area (Å²) >= 11 is 0. The van der Waals surface area contributed by atoms with E-state index in [9.17, 15) is 28.2 Å². The third-order valence-corrected chi connectivity index (χ3v) is 10.3. The summed E-state index contributed by atoms with van der Waals surface area (Å²) in [5.74, 6) is -0.778. The minimum Gasteiger partial charge on any atom is -0.508 e. The van der Waals surface area contributed by atoms with Crippen LogP contribution in [0.1, 0.15) is 75.0 Å². The van der Waals surface area contributed by atoms with Crippen LogP contribution in [-0.4, -0.2) is 87.1 Å². The van der Waals surface area contributed by atoms with E-state index < -0.39 is 15.9 Å². The zero-order valence-corrected chi connectivity index (χ0v) is 26.2. The molecule has 12 nitrogen and oxygen atoms in total. The summed E-state index contributed by atoms with van der Waals surface area (Å²) in [7, 11) is -3.82. The summed E-state index contributed by atoms with van der Waals surface area (Å²) in [6, 6.07) is 8.91. The van der Waals surface area contributed by atoms with Gasteiger partial charge in [0.1, 0.15) is 11.5 Å². The number of sulfonamides is 1. The van der Waals surface area contributed by atoms with Gasteiger partial charge in [0.2, 0.25) is 21.8 Å². The number of carbonyl (C=O) groups excluding carboxylic acids is 2. The van der Waals surface area contributed by atoms with E-state index in [0.717, 1.165) is 32.4 Å². The monoisotopic (exact) mass is 624 g/mol. The fraction of sp³-hybridized carbons (Fsp3) is 0.484. The van der Waals surface area contributed by atoms with Crippen molar-refractivity contribution in [1.82, 2.24) is 29.3 Å². The number of nitrogens with one attached hydrogen (secondary N) is 1. The fourth-order valence-corrected chi connectivity index (χ4v) is 7.43. The molecular formula is C31H40N6O6S.